The number of benzene rings is 1. The molecule has 0 bridgehead atoms. The van der Waals surface area contributed by atoms with Gasteiger partial charge < -0.3 is 0 Å². The average molecular weight is 246 g/mol. The van der Waals surface area contributed by atoms with Gasteiger partial charge in [0.05, 0.1) is 0 Å². The van der Waals surface area contributed by atoms with E-state index in [2.05, 4.69) is 4.98 Å². The molecule has 86 valence electrons. The predicted molar refractivity (Wildman–Crippen MR) is 68.6 cm³/mol. The molecule has 3 heteroatoms. The maximum absolute atomic E-state index is 12.2. The number of aryl methyl sites for hydroxylation is 2. The van der Waals surface area contributed by atoms with E-state index in [9.17, 15) is 4.79 Å². The zero-order valence-electron chi connectivity index (χ0n) is 9.70. The summed E-state index contributed by atoms with van der Waals surface area (Å²) >= 11 is 6.01. The summed E-state index contributed by atoms with van der Waals surface area (Å²) in [6.07, 6.45) is 3.29. The fourth-order valence-corrected chi connectivity index (χ4v) is 1.76. The van der Waals surface area contributed by atoms with Gasteiger partial charge in [-0.25, -0.2) is 0 Å². The number of aromatic nitrogens is 1. The molecule has 0 saturated carbocycles. The fraction of sp³-hybridized carbons (Fsp3) is 0.143. The van der Waals surface area contributed by atoms with E-state index in [0.29, 0.717) is 16.1 Å². The second kappa shape index (κ2) is 4.68. The van der Waals surface area contributed by atoms with Gasteiger partial charge in [0, 0.05) is 28.5 Å². The molecule has 0 aliphatic carbocycles. The summed E-state index contributed by atoms with van der Waals surface area (Å²) in [5, 5.41) is 0.608. The van der Waals surface area contributed by atoms with E-state index in [1.165, 1.54) is 0 Å². The van der Waals surface area contributed by atoms with Crippen molar-refractivity contribution in [1.29, 1.82) is 0 Å². The molecule has 0 amide bonds. The van der Waals surface area contributed by atoms with Crippen LogP contribution in [0.4, 0.5) is 0 Å². The molecule has 1 aromatic heterocycles. The first-order valence-corrected chi connectivity index (χ1v) is 5.68. The van der Waals surface area contributed by atoms with E-state index in [-0.39, 0.29) is 5.78 Å². The zero-order valence-corrected chi connectivity index (χ0v) is 10.5. The Bertz CT molecular complexity index is 578. The highest BCUT2D eigenvalue weighted by atomic mass is 35.5. The van der Waals surface area contributed by atoms with Gasteiger partial charge in [-0.05, 0) is 37.1 Å². The summed E-state index contributed by atoms with van der Waals surface area (Å²) in [4.78, 5) is 16.2. The number of pyridine rings is 1. The minimum atomic E-state index is -0.0527. The Balaban J connectivity index is 2.40. The van der Waals surface area contributed by atoms with Crippen LogP contribution in [0.3, 0.4) is 0 Å². The summed E-state index contributed by atoms with van der Waals surface area (Å²) in [6, 6.07) is 7.15. The molecule has 2 nitrogen and oxygen atoms in total. The summed E-state index contributed by atoms with van der Waals surface area (Å²) in [5.74, 6) is -0.0527. The molecule has 0 radical (unpaired) electrons. The second-order valence-corrected chi connectivity index (χ2v) is 4.45. The second-order valence-electron chi connectivity index (χ2n) is 4.04. The molecule has 0 aliphatic rings. The minimum absolute atomic E-state index is 0.0527. The lowest BCUT2D eigenvalue weighted by Gasteiger charge is -2.04. The molecular formula is C14H12ClNO. The molecule has 0 atom stereocenters. The highest BCUT2D eigenvalue weighted by Crippen LogP contribution is 2.19. The van der Waals surface area contributed by atoms with Crippen LogP contribution in [0.25, 0.3) is 0 Å². The maximum atomic E-state index is 12.2. The molecule has 1 aromatic carbocycles. The smallest absolute Gasteiger partial charge is 0.194 e. The van der Waals surface area contributed by atoms with Gasteiger partial charge in [0.15, 0.2) is 5.78 Å². The van der Waals surface area contributed by atoms with E-state index >= 15 is 0 Å². The van der Waals surface area contributed by atoms with Gasteiger partial charge in [0.25, 0.3) is 0 Å². The van der Waals surface area contributed by atoms with Gasteiger partial charge >= 0.3 is 0 Å². The Hall–Kier alpha value is -1.67. The Kier molecular flexibility index (Phi) is 3.25. The van der Waals surface area contributed by atoms with E-state index in [0.717, 1.165) is 11.1 Å². The third kappa shape index (κ3) is 2.53. The summed E-state index contributed by atoms with van der Waals surface area (Å²) in [5.41, 5.74) is 3.11. The first-order chi connectivity index (χ1) is 8.08. The summed E-state index contributed by atoms with van der Waals surface area (Å²) in [6.45, 7) is 3.82. The van der Waals surface area contributed by atoms with Crippen molar-refractivity contribution in [3.63, 3.8) is 0 Å². The number of ketones is 1. The number of rotatable bonds is 2. The lowest BCUT2D eigenvalue weighted by molar-refractivity contribution is 0.103. The predicted octanol–water partition coefficient (Wildman–Crippen LogP) is 3.58. The lowest BCUT2D eigenvalue weighted by Crippen LogP contribution is -2.02. The van der Waals surface area contributed by atoms with Crippen LogP contribution in [0.15, 0.2) is 36.7 Å². The Labute approximate surface area is 105 Å². The van der Waals surface area contributed by atoms with Crippen LogP contribution in [-0.4, -0.2) is 10.8 Å². The molecule has 1 heterocycles. The van der Waals surface area contributed by atoms with Crippen molar-refractivity contribution < 1.29 is 4.79 Å². The molecule has 2 rings (SSSR count). The number of hydrogen-bond donors (Lipinski definition) is 0. The van der Waals surface area contributed by atoms with Gasteiger partial charge in [-0.2, -0.15) is 0 Å². The van der Waals surface area contributed by atoms with Crippen molar-refractivity contribution >= 4 is 17.4 Å². The van der Waals surface area contributed by atoms with Gasteiger partial charge in [-0.3, -0.25) is 9.78 Å². The number of hydrogen-bond acceptors (Lipinski definition) is 2. The molecule has 0 saturated heterocycles. The highest BCUT2D eigenvalue weighted by molar-refractivity contribution is 6.31. The van der Waals surface area contributed by atoms with E-state index < -0.39 is 0 Å². The Morgan fingerprint density at radius 3 is 2.53 bits per heavy atom. The molecule has 0 N–H and O–H groups in total. The Morgan fingerprint density at radius 2 is 1.88 bits per heavy atom. The van der Waals surface area contributed by atoms with E-state index in [1.54, 1.807) is 24.5 Å². The molecule has 0 unspecified atom stereocenters. The summed E-state index contributed by atoms with van der Waals surface area (Å²) < 4.78 is 0. The largest absolute Gasteiger partial charge is 0.289 e. The standard InChI is InChI=1S/C14H12ClNO/c1-9-5-12(8-16-7-9)14(17)11-4-3-10(2)13(15)6-11/h3-8H,1-2H3. The van der Waals surface area contributed by atoms with Crippen molar-refractivity contribution in [2.45, 2.75) is 13.8 Å². The fourth-order valence-electron chi connectivity index (χ4n) is 1.58. The number of carbonyl (C=O) groups excluding carboxylic acids is 1. The quantitative estimate of drug-likeness (QED) is 0.757. The zero-order chi connectivity index (χ0) is 12.4. The van der Waals surface area contributed by atoms with Gasteiger partial charge in [-0.1, -0.05) is 23.7 Å². The third-order valence-corrected chi connectivity index (χ3v) is 2.98. The monoisotopic (exact) mass is 245 g/mol. The van der Waals surface area contributed by atoms with Gasteiger partial charge in [-0.15, -0.1) is 0 Å². The van der Waals surface area contributed by atoms with Crippen molar-refractivity contribution in [3.05, 3.63) is 63.9 Å². The van der Waals surface area contributed by atoms with Crippen LogP contribution in [0.1, 0.15) is 27.0 Å². The molecule has 0 aliphatic heterocycles. The third-order valence-electron chi connectivity index (χ3n) is 2.57. The van der Waals surface area contributed by atoms with E-state index in [4.69, 9.17) is 11.6 Å². The maximum Gasteiger partial charge on any atom is 0.194 e. The average Bonchev–Trinajstić information content (AvgIpc) is 2.32. The number of halogens is 1. The highest BCUT2D eigenvalue weighted by Gasteiger charge is 2.10. The van der Waals surface area contributed by atoms with Crippen LogP contribution < -0.4 is 0 Å². The van der Waals surface area contributed by atoms with Gasteiger partial charge in [0.2, 0.25) is 0 Å². The first-order valence-electron chi connectivity index (χ1n) is 5.30. The molecule has 17 heavy (non-hydrogen) atoms. The Morgan fingerprint density at radius 1 is 1.12 bits per heavy atom. The van der Waals surface area contributed by atoms with Crippen molar-refractivity contribution in [2.75, 3.05) is 0 Å². The van der Waals surface area contributed by atoms with Crippen molar-refractivity contribution in [2.24, 2.45) is 0 Å². The van der Waals surface area contributed by atoms with Crippen LogP contribution in [-0.2, 0) is 0 Å². The number of carbonyl (C=O) groups is 1. The van der Waals surface area contributed by atoms with Crippen LogP contribution in [0, 0.1) is 13.8 Å². The SMILES string of the molecule is Cc1cncc(C(=O)c2ccc(C)c(Cl)c2)c1. The topological polar surface area (TPSA) is 30.0 Å². The molecule has 0 fully saturated rings. The van der Waals surface area contributed by atoms with E-state index in [1.807, 2.05) is 26.0 Å². The molecular weight excluding hydrogens is 234 g/mol. The first kappa shape index (κ1) is 11.8. The van der Waals surface area contributed by atoms with Crippen molar-refractivity contribution in [3.8, 4) is 0 Å². The summed E-state index contributed by atoms with van der Waals surface area (Å²) in [7, 11) is 0. The molecule has 0 spiro atoms. The number of nitrogens with zero attached hydrogens (tertiary/aromatic N) is 1. The lowest BCUT2D eigenvalue weighted by atomic mass is 10.0. The van der Waals surface area contributed by atoms with Crippen LogP contribution in [0.5, 0.6) is 0 Å². The normalized spacial score (nSPS) is 10.3. The van der Waals surface area contributed by atoms with Crippen LogP contribution in [0.2, 0.25) is 5.02 Å². The van der Waals surface area contributed by atoms with Crippen LogP contribution >= 0.6 is 11.6 Å². The van der Waals surface area contributed by atoms with Crippen molar-refractivity contribution in [1.82, 2.24) is 4.98 Å². The minimum Gasteiger partial charge on any atom is -0.289 e. The van der Waals surface area contributed by atoms with Gasteiger partial charge in [0.1, 0.15) is 0 Å². The molecule has 2 aromatic rings.